The molecular formula is C39H26S2. The Morgan fingerprint density at radius 3 is 2.02 bits per heavy atom. The van der Waals surface area contributed by atoms with E-state index < -0.39 is 0 Å². The van der Waals surface area contributed by atoms with Crippen LogP contribution in [0.2, 0.25) is 0 Å². The Morgan fingerprint density at radius 2 is 1.17 bits per heavy atom. The maximum atomic E-state index is 2.42. The first kappa shape index (κ1) is 23.5. The molecule has 0 fully saturated rings. The van der Waals surface area contributed by atoms with Gasteiger partial charge in [0.25, 0.3) is 0 Å². The minimum atomic E-state index is 0.939. The van der Waals surface area contributed by atoms with Gasteiger partial charge in [-0.2, -0.15) is 0 Å². The molecule has 2 heteroatoms. The molecule has 0 atom stereocenters. The van der Waals surface area contributed by atoms with E-state index in [9.17, 15) is 0 Å². The van der Waals surface area contributed by atoms with Crippen molar-refractivity contribution in [2.24, 2.45) is 0 Å². The van der Waals surface area contributed by atoms with Gasteiger partial charge in [0.05, 0.1) is 0 Å². The molecule has 7 aromatic carbocycles. The highest BCUT2D eigenvalue weighted by atomic mass is 32.1. The highest BCUT2D eigenvalue weighted by Crippen LogP contribution is 2.42. The summed E-state index contributed by atoms with van der Waals surface area (Å²) in [7, 11) is 0. The van der Waals surface area contributed by atoms with Gasteiger partial charge in [0.1, 0.15) is 0 Å². The largest absolute Gasteiger partial charge is 0.135 e. The van der Waals surface area contributed by atoms with Crippen LogP contribution in [-0.2, 0) is 6.42 Å². The first-order valence-electron chi connectivity index (χ1n) is 14.2. The standard InChI is InChI=1S/C39H26S2/c1-22-7-11-30-31-14-10-28-18-24(8-12-29(28)39(31)41-35(30)15-22)17-25-9-13-32-36(19-25)40-37-16-23(2)33-20-26-5-3-4-6-27(26)21-34(33)38(32)37/h3-16,18-21H,17H2,1-2H3. The molecular weight excluding hydrogens is 533 g/mol. The average molecular weight is 559 g/mol. The number of benzene rings is 7. The predicted octanol–water partition coefficient (Wildman–Crippen LogP) is 12.1. The minimum Gasteiger partial charge on any atom is -0.135 e. The number of fused-ring (bicyclic) bond motifs is 11. The Morgan fingerprint density at radius 1 is 0.463 bits per heavy atom. The van der Waals surface area contributed by atoms with Crippen LogP contribution < -0.4 is 0 Å². The first-order chi connectivity index (χ1) is 20.1. The average Bonchev–Trinajstić information content (AvgIpc) is 3.53. The van der Waals surface area contributed by atoms with Gasteiger partial charge in [0, 0.05) is 40.3 Å². The van der Waals surface area contributed by atoms with E-state index in [2.05, 4.69) is 123 Å². The summed E-state index contributed by atoms with van der Waals surface area (Å²) < 4.78 is 5.53. The second-order valence-corrected chi connectivity index (χ2v) is 13.7. The smallest absolute Gasteiger partial charge is 0.0433 e. The van der Waals surface area contributed by atoms with E-state index in [-0.39, 0.29) is 0 Å². The molecule has 194 valence electrons. The van der Waals surface area contributed by atoms with E-state index in [4.69, 9.17) is 0 Å². The summed E-state index contributed by atoms with van der Waals surface area (Å²) in [5.74, 6) is 0. The molecule has 0 unspecified atom stereocenters. The molecule has 0 aliphatic rings. The lowest BCUT2D eigenvalue weighted by molar-refractivity contribution is 1.21. The Hall–Kier alpha value is -4.24. The fourth-order valence-corrected chi connectivity index (χ4v) is 9.38. The molecule has 9 rings (SSSR count). The van der Waals surface area contributed by atoms with Crippen LogP contribution in [0, 0.1) is 13.8 Å². The molecule has 2 heterocycles. The Bertz CT molecular complexity index is 2520. The summed E-state index contributed by atoms with van der Waals surface area (Å²) in [5, 5.41) is 13.5. The Labute approximate surface area is 246 Å². The van der Waals surface area contributed by atoms with Gasteiger partial charge in [0.15, 0.2) is 0 Å². The summed E-state index contributed by atoms with van der Waals surface area (Å²) in [6.45, 7) is 4.43. The summed E-state index contributed by atoms with van der Waals surface area (Å²) >= 11 is 3.85. The van der Waals surface area contributed by atoms with Crippen molar-refractivity contribution < 1.29 is 0 Å². The van der Waals surface area contributed by atoms with Gasteiger partial charge in [-0.25, -0.2) is 0 Å². The summed E-state index contributed by atoms with van der Waals surface area (Å²) in [5.41, 5.74) is 5.41. The van der Waals surface area contributed by atoms with Crippen molar-refractivity contribution in [2.75, 3.05) is 0 Å². The van der Waals surface area contributed by atoms with E-state index in [1.165, 1.54) is 94.9 Å². The Kier molecular flexibility index (Phi) is 4.94. The number of hydrogen-bond acceptors (Lipinski definition) is 2. The van der Waals surface area contributed by atoms with Crippen LogP contribution in [0.1, 0.15) is 22.3 Å². The van der Waals surface area contributed by atoms with E-state index >= 15 is 0 Å². The van der Waals surface area contributed by atoms with Gasteiger partial charge >= 0.3 is 0 Å². The lowest BCUT2D eigenvalue weighted by Crippen LogP contribution is -1.88. The molecule has 0 nitrogen and oxygen atoms in total. The lowest BCUT2D eigenvalue weighted by Gasteiger charge is -2.08. The van der Waals surface area contributed by atoms with Crippen LogP contribution in [0.25, 0.3) is 72.7 Å². The molecule has 41 heavy (non-hydrogen) atoms. The monoisotopic (exact) mass is 558 g/mol. The zero-order valence-electron chi connectivity index (χ0n) is 22.9. The molecule has 0 saturated heterocycles. The fourth-order valence-electron chi connectivity index (χ4n) is 6.76. The topological polar surface area (TPSA) is 0 Å². The van der Waals surface area contributed by atoms with E-state index in [1.807, 2.05) is 22.7 Å². The number of aryl methyl sites for hydroxylation is 2. The molecule has 0 N–H and O–H groups in total. The van der Waals surface area contributed by atoms with Gasteiger partial charge < -0.3 is 0 Å². The van der Waals surface area contributed by atoms with Crippen molar-refractivity contribution >= 4 is 95.3 Å². The van der Waals surface area contributed by atoms with Crippen molar-refractivity contribution in [2.45, 2.75) is 20.3 Å². The van der Waals surface area contributed by atoms with Crippen LogP contribution in [0.15, 0.2) is 109 Å². The number of thiophene rings is 2. The van der Waals surface area contributed by atoms with Crippen LogP contribution in [0.4, 0.5) is 0 Å². The minimum absolute atomic E-state index is 0.939. The van der Waals surface area contributed by atoms with E-state index in [1.54, 1.807) is 0 Å². The molecule has 0 amide bonds. The zero-order valence-corrected chi connectivity index (χ0v) is 24.5. The van der Waals surface area contributed by atoms with Gasteiger partial charge in [0.2, 0.25) is 0 Å². The van der Waals surface area contributed by atoms with Crippen molar-refractivity contribution in [1.29, 1.82) is 0 Å². The summed E-state index contributed by atoms with van der Waals surface area (Å²) in [6, 6.07) is 41.5. The second-order valence-electron chi connectivity index (χ2n) is 11.5. The van der Waals surface area contributed by atoms with E-state index in [0.717, 1.165) is 6.42 Å². The van der Waals surface area contributed by atoms with Gasteiger partial charge in [-0.1, -0.05) is 78.9 Å². The van der Waals surface area contributed by atoms with Crippen molar-refractivity contribution in [3.8, 4) is 0 Å². The normalized spacial score (nSPS) is 12.2. The quantitative estimate of drug-likeness (QED) is 0.185. The molecule has 0 radical (unpaired) electrons. The highest BCUT2D eigenvalue weighted by molar-refractivity contribution is 7.27. The Balaban J connectivity index is 1.14. The second kappa shape index (κ2) is 8.63. The number of rotatable bonds is 2. The maximum absolute atomic E-state index is 2.42. The SMILES string of the molecule is Cc1ccc2c(c1)sc1c3ccc(Cc4ccc5c(c4)sc4cc(C)c6cc7ccccc7cc6c45)cc3ccc21. The van der Waals surface area contributed by atoms with Crippen LogP contribution in [-0.4, -0.2) is 0 Å². The fraction of sp³-hybridized carbons (Fsp3) is 0.0769. The molecule has 0 saturated carbocycles. The molecule has 2 aromatic heterocycles. The van der Waals surface area contributed by atoms with Gasteiger partial charge in [-0.05, 0) is 105 Å². The molecule has 9 aromatic rings. The molecule has 0 spiro atoms. The van der Waals surface area contributed by atoms with Crippen LogP contribution in [0.5, 0.6) is 0 Å². The number of hydrogen-bond donors (Lipinski definition) is 0. The molecule has 0 aliphatic heterocycles. The third-order valence-corrected chi connectivity index (χ3v) is 11.1. The summed E-state index contributed by atoms with van der Waals surface area (Å²) in [6.07, 6.45) is 0.939. The zero-order chi connectivity index (χ0) is 27.2. The van der Waals surface area contributed by atoms with Crippen LogP contribution >= 0.6 is 22.7 Å². The van der Waals surface area contributed by atoms with Crippen molar-refractivity contribution in [1.82, 2.24) is 0 Å². The van der Waals surface area contributed by atoms with Crippen LogP contribution in [0.3, 0.4) is 0 Å². The van der Waals surface area contributed by atoms with Gasteiger partial charge in [-0.3, -0.25) is 0 Å². The summed E-state index contributed by atoms with van der Waals surface area (Å²) in [4.78, 5) is 0. The predicted molar refractivity (Wildman–Crippen MR) is 183 cm³/mol. The maximum Gasteiger partial charge on any atom is 0.0433 e. The van der Waals surface area contributed by atoms with Gasteiger partial charge in [-0.15, -0.1) is 22.7 Å². The third-order valence-electron chi connectivity index (χ3n) is 8.79. The lowest BCUT2D eigenvalue weighted by atomic mass is 9.95. The first-order valence-corrected chi connectivity index (χ1v) is 15.8. The van der Waals surface area contributed by atoms with E-state index in [0.29, 0.717) is 0 Å². The molecule has 0 bridgehead atoms. The third kappa shape index (κ3) is 3.58. The highest BCUT2D eigenvalue weighted by Gasteiger charge is 2.14. The van der Waals surface area contributed by atoms with Crippen molar-refractivity contribution in [3.05, 3.63) is 131 Å². The molecule has 0 aliphatic carbocycles. The van der Waals surface area contributed by atoms with Crippen molar-refractivity contribution in [3.63, 3.8) is 0 Å².